The van der Waals surface area contributed by atoms with Gasteiger partial charge in [-0.2, -0.15) is 0 Å². The van der Waals surface area contributed by atoms with Crippen LogP contribution in [0.3, 0.4) is 0 Å². The maximum Gasteiger partial charge on any atom is 0.325 e. The topological polar surface area (TPSA) is 72.9 Å². The van der Waals surface area contributed by atoms with Gasteiger partial charge in [0.2, 0.25) is 0 Å². The summed E-state index contributed by atoms with van der Waals surface area (Å²) in [7, 11) is 0. The predicted molar refractivity (Wildman–Crippen MR) is 85.8 cm³/mol. The maximum absolute atomic E-state index is 11.9. The molecule has 0 saturated carbocycles. The van der Waals surface area contributed by atoms with Crippen molar-refractivity contribution in [1.29, 1.82) is 0 Å². The summed E-state index contributed by atoms with van der Waals surface area (Å²) in [6.07, 6.45) is 0.285. The number of nitrogens with one attached hydrogen (secondary N) is 1. The fourth-order valence-electron chi connectivity index (χ4n) is 3.28. The van der Waals surface area contributed by atoms with Gasteiger partial charge in [-0.25, -0.2) is 4.79 Å². The second-order valence-electron chi connectivity index (χ2n) is 6.84. The SMILES string of the molecule is CC1(C)C(=O)NC(=O)N1CC(O)CN1CCc2ccccc2C1. The Kier molecular flexibility index (Phi) is 4.12. The van der Waals surface area contributed by atoms with Crippen molar-refractivity contribution in [3.63, 3.8) is 0 Å². The van der Waals surface area contributed by atoms with Crippen LogP contribution >= 0.6 is 0 Å². The van der Waals surface area contributed by atoms with Crippen molar-refractivity contribution in [2.24, 2.45) is 0 Å². The predicted octanol–water partition coefficient (Wildman–Crippen LogP) is 0.736. The molecule has 1 unspecified atom stereocenters. The van der Waals surface area contributed by atoms with E-state index >= 15 is 0 Å². The average Bonchev–Trinajstić information content (AvgIpc) is 2.69. The number of fused-ring (bicyclic) bond motifs is 1. The zero-order valence-electron chi connectivity index (χ0n) is 13.6. The van der Waals surface area contributed by atoms with Gasteiger partial charge in [0.15, 0.2) is 0 Å². The molecule has 124 valence electrons. The molecule has 0 bridgehead atoms. The van der Waals surface area contributed by atoms with Gasteiger partial charge in [-0.15, -0.1) is 0 Å². The Morgan fingerprint density at radius 1 is 1.22 bits per heavy atom. The Labute approximate surface area is 136 Å². The number of rotatable bonds is 4. The van der Waals surface area contributed by atoms with Crippen LogP contribution in [0.4, 0.5) is 4.79 Å². The lowest BCUT2D eigenvalue weighted by molar-refractivity contribution is -0.125. The monoisotopic (exact) mass is 317 g/mol. The lowest BCUT2D eigenvalue weighted by Crippen LogP contribution is -2.50. The number of carbonyl (C=O) groups excluding carboxylic acids is 2. The quantitative estimate of drug-likeness (QED) is 0.803. The molecule has 2 aliphatic rings. The summed E-state index contributed by atoms with van der Waals surface area (Å²) in [6.45, 7) is 5.73. The van der Waals surface area contributed by atoms with Gasteiger partial charge in [-0.05, 0) is 31.4 Å². The van der Waals surface area contributed by atoms with Crippen LogP contribution in [0.2, 0.25) is 0 Å². The van der Waals surface area contributed by atoms with Crippen LogP contribution in [0, 0.1) is 0 Å². The summed E-state index contributed by atoms with van der Waals surface area (Å²) in [4.78, 5) is 27.2. The van der Waals surface area contributed by atoms with Gasteiger partial charge in [0.05, 0.1) is 12.6 Å². The Morgan fingerprint density at radius 2 is 1.91 bits per heavy atom. The Balaban J connectivity index is 1.59. The highest BCUT2D eigenvalue weighted by Crippen LogP contribution is 2.22. The number of benzene rings is 1. The summed E-state index contributed by atoms with van der Waals surface area (Å²) < 4.78 is 0. The molecule has 1 aromatic carbocycles. The van der Waals surface area contributed by atoms with Crippen LogP contribution < -0.4 is 5.32 Å². The van der Waals surface area contributed by atoms with Crippen LogP contribution in [0.25, 0.3) is 0 Å². The Bertz CT molecular complexity index is 629. The molecule has 1 atom stereocenters. The summed E-state index contributed by atoms with van der Waals surface area (Å²) in [5.41, 5.74) is 1.75. The average molecular weight is 317 g/mol. The van der Waals surface area contributed by atoms with Crippen LogP contribution in [0.15, 0.2) is 24.3 Å². The highest BCUT2D eigenvalue weighted by molar-refractivity contribution is 6.06. The van der Waals surface area contributed by atoms with Gasteiger partial charge in [0.1, 0.15) is 5.54 Å². The second-order valence-corrected chi connectivity index (χ2v) is 6.84. The molecule has 0 aliphatic carbocycles. The van der Waals surface area contributed by atoms with E-state index in [0.29, 0.717) is 6.54 Å². The van der Waals surface area contributed by atoms with E-state index in [1.807, 2.05) is 6.07 Å². The third kappa shape index (κ3) is 3.09. The number of β-amino-alcohol motifs (C(OH)–C–C–N with tert-alkyl or cyclic N) is 1. The van der Waals surface area contributed by atoms with Gasteiger partial charge in [-0.3, -0.25) is 15.0 Å². The minimum absolute atomic E-state index is 0.155. The molecule has 1 saturated heterocycles. The molecule has 2 aliphatic heterocycles. The summed E-state index contributed by atoms with van der Waals surface area (Å²) in [6, 6.07) is 7.91. The third-order valence-corrected chi connectivity index (χ3v) is 4.77. The molecule has 0 radical (unpaired) electrons. The number of imide groups is 1. The lowest BCUT2D eigenvalue weighted by Gasteiger charge is -2.33. The Hall–Kier alpha value is -1.92. The van der Waals surface area contributed by atoms with Gasteiger partial charge < -0.3 is 10.0 Å². The fraction of sp³-hybridized carbons (Fsp3) is 0.529. The normalized spacial score (nSPS) is 22.0. The molecule has 6 nitrogen and oxygen atoms in total. The minimum Gasteiger partial charge on any atom is -0.390 e. The first-order valence-electron chi connectivity index (χ1n) is 7.98. The first kappa shape index (κ1) is 16.0. The Morgan fingerprint density at radius 3 is 2.57 bits per heavy atom. The van der Waals surface area contributed by atoms with E-state index in [9.17, 15) is 14.7 Å². The molecular formula is C17H23N3O3. The molecule has 0 spiro atoms. The molecule has 23 heavy (non-hydrogen) atoms. The molecule has 3 rings (SSSR count). The largest absolute Gasteiger partial charge is 0.390 e. The molecule has 1 fully saturated rings. The number of nitrogens with zero attached hydrogens (tertiary/aromatic N) is 2. The lowest BCUT2D eigenvalue weighted by atomic mass is 9.99. The van der Waals surface area contributed by atoms with E-state index in [1.165, 1.54) is 16.0 Å². The van der Waals surface area contributed by atoms with Crippen LogP contribution in [0.1, 0.15) is 25.0 Å². The second kappa shape index (κ2) is 5.94. The smallest absolute Gasteiger partial charge is 0.325 e. The number of aliphatic hydroxyl groups excluding tert-OH is 1. The van der Waals surface area contributed by atoms with Crippen LogP contribution in [-0.2, 0) is 17.8 Å². The highest BCUT2D eigenvalue weighted by Gasteiger charge is 2.46. The molecule has 2 heterocycles. The van der Waals surface area contributed by atoms with Crippen LogP contribution in [0.5, 0.6) is 0 Å². The molecular weight excluding hydrogens is 294 g/mol. The van der Waals surface area contributed by atoms with Crippen molar-refractivity contribution < 1.29 is 14.7 Å². The fourth-order valence-corrected chi connectivity index (χ4v) is 3.28. The van der Waals surface area contributed by atoms with E-state index in [0.717, 1.165) is 19.5 Å². The number of hydrogen-bond donors (Lipinski definition) is 2. The number of carbonyl (C=O) groups is 2. The van der Waals surface area contributed by atoms with E-state index in [-0.39, 0.29) is 12.5 Å². The number of aliphatic hydroxyl groups is 1. The molecule has 6 heteroatoms. The van der Waals surface area contributed by atoms with E-state index in [1.54, 1.807) is 13.8 Å². The van der Waals surface area contributed by atoms with Crippen molar-refractivity contribution in [3.05, 3.63) is 35.4 Å². The summed E-state index contributed by atoms with van der Waals surface area (Å²) >= 11 is 0. The summed E-state index contributed by atoms with van der Waals surface area (Å²) in [5.74, 6) is -0.318. The van der Waals surface area contributed by atoms with Gasteiger partial charge in [0, 0.05) is 19.6 Å². The van der Waals surface area contributed by atoms with Crippen molar-refractivity contribution in [1.82, 2.24) is 15.1 Å². The van der Waals surface area contributed by atoms with Gasteiger partial charge in [-0.1, -0.05) is 24.3 Å². The first-order valence-corrected chi connectivity index (χ1v) is 7.98. The first-order chi connectivity index (χ1) is 10.9. The van der Waals surface area contributed by atoms with Crippen molar-refractivity contribution in [2.45, 2.75) is 38.5 Å². The number of amides is 3. The van der Waals surface area contributed by atoms with Crippen LogP contribution in [-0.4, -0.2) is 58.1 Å². The maximum atomic E-state index is 11.9. The van der Waals surface area contributed by atoms with E-state index < -0.39 is 17.7 Å². The van der Waals surface area contributed by atoms with E-state index in [4.69, 9.17) is 0 Å². The molecule has 2 N–H and O–H groups in total. The molecule has 1 aromatic rings. The minimum atomic E-state index is -0.910. The van der Waals surface area contributed by atoms with Gasteiger partial charge in [0.25, 0.3) is 5.91 Å². The van der Waals surface area contributed by atoms with Crippen molar-refractivity contribution in [2.75, 3.05) is 19.6 Å². The standard InChI is InChI=1S/C17H23N3O3/c1-17(2)15(22)18-16(23)20(17)11-14(21)10-19-8-7-12-5-3-4-6-13(12)9-19/h3-6,14,21H,7-11H2,1-2H3,(H,18,22,23). The van der Waals surface area contributed by atoms with E-state index in [2.05, 4.69) is 28.4 Å². The highest BCUT2D eigenvalue weighted by atomic mass is 16.3. The third-order valence-electron chi connectivity index (χ3n) is 4.77. The van der Waals surface area contributed by atoms with Crippen molar-refractivity contribution in [3.8, 4) is 0 Å². The number of urea groups is 1. The molecule has 3 amide bonds. The van der Waals surface area contributed by atoms with Gasteiger partial charge >= 0.3 is 6.03 Å². The zero-order valence-corrected chi connectivity index (χ0v) is 13.6. The number of hydrogen-bond acceptors (Lipinski definition) is 4. The zero-order chi connectivity index (χ0) is 16.6. The summed E-state index contributed by atoms with van der Waals surface area (Å²) in [5, 5.41) is 12.7. The van der Waals surface area contributed by atoms with Crippen molar-refractivity contribution >= 4 is 11.9 Å². The molecule has 0 aromatic heterocycles.